The SMILES string of the molecule is c1ccc(-c2cnccc2NN2CCCC2)cc1. The highest BCUT2D eigenvalue weighted by molar-refractivity contribution is 5.76. The summed E-state index contributed by atoms with van der Waals surface area (Å²) in [5, 5.41) is 2.28. The van der Waals surface area contributed by atoms with Gasteiger partial charge in [-0.1, -0.05) is 30.3 Å². The fourth-order valence-corrected chi connectivity index (χ4v) is 2.34. The van der Waals surface area contributed by atoms with Gasteiger partial charge in [0.2, 0.25) is 0 Å². The van der Waals surface area contributed by atoms with E-state index < -0.39 is 0 Å². The Bertz CT molecular complexity index is 504. The molecule has 1 N–H and O–H groups in total. The lowest BCUT2D eigenvalue weighted by Gasteiger charge is -2.20. The van der Waals surface area contributed by atoms with Gasteiger partial charge in [0.1, 0.15) is 0 Å². The largest absolute Gasteiger partial charge is 0.318 e. The fourth-order valence-electron chi connectivity index (χ4n) is 2.34. The Balaban J connectivity index is 1.90. The van der Waals surface area contributed by atoms with Crippen LogP contribution in [-0.4, -0.2) is 23.1 Å². The van der Waals surface area contributed by atoms with Gasteiger partial charge in [0.15, 0.2) is 0 Å². The molecule has 0 radical (unpaired) electrons. The zero-order chi connectivity index (χ0) is 12.2. The molecule has 0 unspecified atom stereocenters. The van der Waals surface area contributed by atoms with Crippen LogP contribution in [0.4, 0.5) is 5.69 Å². The highest BCUT2D eigenvalue weighted by Gasteiger charge is 2.13. The monoisotopic (exact) mass is 239 g/mol. The minimum atomic E-state index is 1.12. The Kier molecular flexibility index (Phi) is 3.24. The van der Waals surface area contributed by atoms with Gasteiger partial charge in [0.05, 0.1) is 5.69 Å². The van der Waals surface area contributed by atoms with Crippen LogP contribution in [0.3, 0.4) is 0 Å². The summed E-state index contributed by atoms with van der Waals surface area (Å²) in [5.74, 6) is 0. The summed E-state index contributed by atoms with van der Waals surface area (Å²) in [6, 6.07) is 12.4. The molecule has 92 valence electrons. The maximum atomic E-state index is 4.24. The molecule has 0 spiro atoms. The van der Waals surface area contributed by atoms with Gasteiger partial charge < -0.3 is 5.43 Å². The number of hydrogen-bond acceptors (Lipinski definition) is 3. The lowest BCUT2D eigenvalue weighted by molar-refractivity contribution is 0.410. The lowest BCUT2D eigenvalue weighted by Crippen LogP contribution is -2.26. The van der Waals surface area contributed by atoms with Gasteiger partial charge in [0, 0.05) is 31.0 Å². The molecule has 2 aromatic rings. The summed E-state index contributed by atoms with van der Waals surface area (Å²) in [4.78, 5) is 4.24. The summed E-state index contributed by atoms with van der Waals surface area (Å²) in [6.45, 7) is 2.24. The molecule has 2 heterocycles. The first-order valence-corrected chi connectivity index (χ1v) is 6.44. The maximum Gasteiger partial charge on any atom is 0.0599 e. The Labute approximate surface area is 107 Å². The van der Waals surface area contributed by atoms with Crippen LogP contribution < -0.4 is 5.43 Å². The van der Waals surface area contributed by atoms with E-state index in [0.717, 1.165) is 24.3 Å². The van der Waals surface area contributed by atoms with E-state index in [1.807, 2.05) is 24.5 Å². The molecule has 1 fully saturated rings. The Hall–Kier alpha value is -1.87. The summed E-state index contributed by atoms with van der Waals surface area (Å²) in [5.41, 5.74) is 7.00. The van der Waals surface area contributed by atoms with Crippen molar-refractivity contribution in [2.24, 2.45) is 0 Å². The summed E-state index contributed by atoms with van der Waals surface area (Å²) < 4.78 is 0. The Morgan fingerprint density at radius 1 is 1.00 bits per heavy atom. The van der Waals surface area contributed by atoms with Crippen LogP contribution in [0.1, 0.15) is 12.8 Å². The van der Waals surface area contributed by atoms with Gasteiger partial charge in [-0.25, -0.2) is 5.01 Å². The van der Waals surface area contributed by atoms with Crippen molar-refractivity contribution in [2.45, 2.75) is 12.8 Å². The van der Waals surface area contributed by atoms with E-state index >= 15 is 0 Å². The lowest BCUT2D eigenvalue weighted by atomic mass is 10.1. The van der Waals surface area contributed by atoms with Crippen molar-refractivity contribution in [1.82, 2.24) is 9.99 Å². The second kappa shape index (κ2) is 5.19. The highest BCUT2D eigenvalue weighted by Crippen LogP contribution is 2.27. The fraction of sp³-hybridized carbons (Fsp3) is 0.267. The summed E-state index contributed by atoms with van der Waals surface area (Å²) in [6.07, 6.45) is 6.32. The first-order valence-electron chi connectivity index (χ1n) is 6.44. The average molecular weight is 239 g/mol. The van der Waals surface area contributed by atoms with E-state index in [-0.39, 0.29) is 0 Å². The van der Waals surface area contributed by atoms with Gasteiger partial charge >= 0.3 is 0 Å². The van der Waals surface area contributed by atoms with E-state index in [1.165, 1.54) is 18.4 Å². The molecule has 3 heteroatoms. The normalized spacial score (nSPS) is 15.8. The molecule has 1 aromatic carbocycles. The van der Waals surface area contributed by atoms with Crippen LogP contribution in [0.2, 0.25) is 0 Å². The summed E-state index contributed by atoms with van der Waals surface area (Å²) >= 11 is 0. The highest BCUT2D eigenvalue weighted by atomic mass is 15.5. The molecule has 1 aromatic heterocycles. The predicted molar refractivity (Wildman–Crippen MR) is 74.1 cm³/mol. The second-order valence-electron chi connectivity index (χ2n) is 4.59. The number of rotatable bonds is 3. The van der Waals surface area contributed by atoms with Gasteiger partial charge in [-0.15, -0.1) is 0 Å². The van der Waals surface area contributed by atoms with Crippen molar-refractivity contribution in [3.8, 4) is 11.1 Å². The quantitative estimate of drug-likeness (QED) is 0.891. The average Bonchev–Trinajstić information content (AvgIpc) is 2.93. The predicted octanol–water partition coefficient (Wildman–Crippen LogP) is 3.17. The van der Waals surface area contributed by atoms with E-state index in [9.17, 15) is 0 Å². The Morgan fingerprint density at radius 2 is 1.78 bits per heavy atom. The molecule has 0 aliphatic carbocycles. The number of nitrogens with one attached hydrogen (secondary N) is 1. The molecule has 3 rings (SSSR count). The van der Waals surface area contributed by atoms with Crippen LogP contribution >= 0.6 is 0 Å². The van der Waals surface area contributed by atoms with Crippen LogP contribution in [0.25, 0.3) is 11.1 Å². The molecule has 1 aliphatic rings. The minimum absolute atomic E-state index is 1.12. The van der Waals surface area contributed by atoms with Crippen molar-refractivity contribution < 1.29 is 0 Å². The first-order chi connectivity index (χ1) is 8.93. The topological polar surface area (TPSA) is 28.2 Å². The van der Waals surface area contributed by atoms with Gasteiger partial charge in [-0.2, -0.15) is 0 Å². The number of benzene rings is 1. The van der Waals surface area contributed by atoms with Crippen molar-refractivity contribution in [3.63, 3.8) is 0 Å². The smallest absolute Gasteiger partial charge is 0.0599 e. The molecule has 0 amide bonds. The number of pyridine rings is 1. The molecule has 18 heavy (non-hydrogen) atoms. The second-order valence-corrected chi connectivity index (χ2v) is 4.59. The van der Waals surface area contributed by atoms with E-state index in [4.69, 9.17) is 0 Å². The number of hydrazine groups is 1. The molecule has 0 saturated carbocycles. The van der Waals surface area contributed by atoms with Crippen molar-refractivity contribution >= 4 is 5.69 Å². The molecule has 3 nitrogen and oxygen atoms in total. The van der Waals surface area contributed by atoms with Crippen LogP contribution in [0.5, 0.6) is 0 Å². The van der Waals surface area contributed by atoms with Crippen molar-refractivity contribution in [1.29, 1.82) is 0 Å². The van der Waals surface area contributed by atoms with E-state index in [2.05, 4.69) is 39.7 Å². The third-order valence-electron chi connectivity index (χ3n) is 3.29. The maximum absolute atomic E-state index is 4.24. The van der Waals surface area contributed by atoms with Gasteiger partial charge in [-0.3, -0.25) is 4.98 Å². The molecule has 0 atom stereocenters. The zero-order valence-corrected chi connectivity index (χ0v) is 10.3. The molecule has 1 saturated heterocycles. The van der Waals surface area contributed by atoms with Gasteiger partial charge in [0.25, 0.3) is 0 Å². The minimum Gasteiger partial charge on any atom is -0.318 e. The summed E-state index contributed by atoms with van der Waals surface area (Å²) in [7, 11) is 0. The molecule has 1 aliphatic heterocycles. The third kappa shape index (κ3) is 2.36. The molecular weight excluding hydrogens is 222 g/mol. The van der Waals surface area contributed by atoms with Crippen LogP contribution in [-0.2, 0) is 0 Å². The van der Waals surface area contributed by atoms with Crippen molar-refractivity contribution in [2.75, 3.05) is 18.5 Å². The van der Waals surface area contributed by atoms with E-state index in [0.29, 0.717) is 0 Å². The first kappa shape index (κ1) is 11.2. The standard InChI is InChI=1S/C15H17N3/c1-2-6-13(7-3-1)14-12-16-9-8-15(14)17-18-10-4-5-11-18/h1-3,6-9,12H,4-5,10-11H2,(H,16,17). The third-order valence-corrected chi connectivity index (χ3v) is 3.29. The van der Waals surface area contributed by atoms with Crippen LogP contribution in [0, 0.1) is 0 Å². The molecule has 0 bridgehead atoms. The number of aromatic nitrogens is 1. The van der Waals surface area contributed by atoms with Gasteiger partial charge in [-0.05, 0) is 24.5 Å². The number of nitrogens with zero attached hydrogens (tertiary/aromatic N) is 2. The van der Waals surface area contributed by atoms with Crippen LogP contribution in [0.15, 0.2) is 48.8 Å². The molecular formula is C15H17N3. The zero-order valence-electron chi connectivity index (χ0n) is 10.3. The number of anilines is 1. The van der Waals surface area contributed by atoms with E-state index in [1.54, 1.807) is 0 Å². The Morgan fingerprint density at radius 3 is 2.56 bits per heavy atom. The van der Waals surface area contributed by atoms with Crippen molar-refractivity contribution in [3.05, 3.63) is 48.8 Å². The number of hydrogen-bond donors (Lipinski definition) is 1.